The van der Waals surface area contributed by atoms with Gasteiger partial charge in [0, 0.05) is 5.56 Å². The molecule has 0 unspecified atom stereocenters. The summed E-state index contributed by atoms with van der Waals surface area (Å²) in [5.41, 5.74) is -0.0161. The summed E-state index contributed by atoms with van der Waals surface area (Å²) in [5, 5.41) is 0. The highest BCUT2D eigenvalue weighted by Crippen LogP contribution is 2.42. The minimum absolute atomic E-state index is 0.602. The van der Waals surface area contributed by atoms with Crippen molar-refractivity contribution in [3.05, 3.63) is 47.5 Å². The molecule has 0 saturated heterocycles. The Balaban J connectivity index is 1.43. The summed E-state index contributed by atoms with van der Waals surface area (Å²) in [4.78, 5) is 0. The van der Waals surface area contributed by atoms with Gasteiger partial charge in [0.1, 0.15) is 0 Å². The number of rotatable bonds is 3. The van der Waals surface area contributed by atoms with Crippen molar-refractivity contribution in [3.63, 3.8) is 0 Å². The third kappa shape index (κ3) is 5.90. The fraction of sp³-hybridized carbons (Fsp3) is 0.600. The molecule has 2 fully saturated rings. The summed E-state index contributed by atoms with van der Waals surface area (Å²) >= 11 is 0. The summed E-state index contributed by atoms with van der Waals surface area (Å²) < 4.78 is 37.7. The summed E-state index contributed by atoms with van der Waals surface area (Å²) in [5.74, 6) is 9.35. The molecule has 2 aliphatic rings. The maximum Gasteiger partial charge on any atom is 0.416 e. The molecule has 28 heavy (non-hydrogen) atoms. The molecule has 2 saturated carbocycles. The first-order valence-electron chi connectivity index (χ1n) is 10.8. The number of allylic oxidation sites excluding steroid dienone is 2. The van der Waals surface area contributed by atoms with Crippen LogP contribution in [0.4, 0.5) is 13.2 Å². The highest BCUT2D eigenvalue weighted by Gasteiger charge is 2.30. The van der Waals surface area contributed by atoms with Gasteiger partial charge in [-0.2, -0.15) is 13.2 Å². The zero-order valence-corrected chi connectivity index (χ0v) is 16.8. The third-order valence-corrected chi connectivity index (χ3v) is 6.83. The van der Waals surface area contributed by atoms with Gasteiger partial charge in [-0.1, -0.05) is 44.1 Å². The monoisotopic (exact) mass is 388 g/mol. The SMILES string of the molecule is CC[C@H]1CC[C@H](C2CCC(/C=C/C#Cc3ccc(C(F)(F)F)cc3)CC2)CC1. The quantitative estimate of drug-likeness (QED) is 0.467. The van der Waals surface area contributed by atoms with Gasteiger partial charge in [0.15, 0.2) is 0 Å². The van der Waals surface area contributed by atoms with E-state index in [9.17, 15) is 13.2 Å². The van der Waals surface area contributed by atoms with Crippen LogP contribution in [0.5, 0.6) is 0 Å². The van der Waals surface area contributed by atoms with Gasteiger partial charge in [0.25, 0.3) is 0 Å². The van der Waals surface area contributed by atoms with Crippen LogP contribution in [-0.2, 0) is 6.18 Å². The number of hydrogen-bond donors (Lipinski definition) is 0. The molecule has 1 aromatic carbocycles. The van der Waals surface area contributed by atoms with Crippen LogP contribution in [0.25, 0.3) is 0 Å². The van der Waals surface area contributed by atoms with E-state index in [2.05, 4.69) is 24.8 Å². The fourth-order valence-corrected chi connectivity index (χ4v) is 4.93. The van der Waals surface area contributed by atoms with Gasteiger partial charge in [-0.3, -0.25) is 0 Å². The van der Waals surface area contributed by atoms with E-state index in [1.54, 1.807) is 0 Å². The summed E-state index contributed by atoms with van der Waals surface area (Å²) in [6.07, 6.45) is 12.0. The molecule has 0 aromatic heterocycles. The zero-order chi connectivity index (χ0) is 20.0. The van der Waals surface area contributed by atoms with Gasteiger partial charge in [-0.25, -0.2) is 0 Å². The number of alkyl halides is 3. The van der Waals surface area contributed by atoms with Crippen LogP contribution >= 0.6 is 0 Å². The van der Waals surface area contributed by atoms with Crippen molar-refractivity contribution in [2.75, 3.05) is 0 Å². The molecular formula is C25H31F3. The van der Waals surface area contributed by atoms with E-state index < -0.39 is 11.7 Å². The predicted molar refractivity (Wildman–Crippen MR) is 109 cm³/mol. The van der Waals surface area contributed by atoms with Crippen LogP contribution in [0.1, 0.15) is 75.8 Å². The molecule has 0 radical (unpaired) electrons. The second-order valence-electron chi connectivity index (χ2n) is 8.57. The molecule has 1 aromatic rings. The maximum absolute atomic E-state index is 12.6. The zero-order valence-electron chi connectivity index (χ0n) is 16.8. The molecule has 0 amide bonds. The number of benzene rings is 1. The number of hydrogen-bond acceptors (Lipinski definition) is 0. The molecule has 3 rings (SSSR count). The minimum atomic E-state index is -4.29. The van der Waals surface area contributed by atoms with Crippen molar-refractivity contribution < 1.29 is 13.2 Å². The Morgan fingerprint density at radius 3 is 2.00 bits per heavy atom. The number of halogens is 3. The average molecular weight is 389 g/mol. The lowest BCUT2D eigenvalue weighted by molar-refractivity contribution is -0.137. The molecule has 3 heteroatoms. The van der Waals surface area contributed by atoms with Crippen LogP contribution in [-0.4, -0.2) is 0 Å². The molecule has 0 atom stereocenters. The Labute approximate surface area is 167 Å². The smallest absolute Gasteiger partial charge is 0.166 e. The largest absolute Gasteiger partial charge is 0.416 e. The van der Waals surface area contributed by atoms with Crippen molar-refractivity contribution in [1.29, 1.82) is 0 Å². The normalized spacial score (nSPS) is 28.7. The Morgan fingerprint density at radius 1 is 0.893 bits per heavy atom. The average Bonchev–Trinajstić information content (AvgIpc) is 2.71. The van der Waals surface area contributed by atoms with Crippen LogP contribution in [0.15, 0.2) is 36.4 Å². The molecule has 2 aliphatic carbocycles. The lowest BCUT2D eigenvalue weighted by atomic mass is 9.69. The molecular weight excluding hydrogens is 357 g/mol. The predicted octanol–water partition coefficient (Wildman–Crippen LogP) is 7.64. The van der Waals surface area contributed by atoms with Crippen molar-refractivity contribution in [1.82, 2.24) is 0 Å². The molecule has 0 bridgehead atoms. The van der Waals surface area contributed by atoms with Crippen molar-refractivity contribution in [3.8, 4) is 11.8 Å². The van der Waals surface area contributed by atoms with Crippen LogP contribution in [0.2, 0.25) is 0 Å². The Hall–Kier alpha value is -1.69. The van der Waals surface area contributed by atoms with Crippen molar-refractivity contribution in [2.24, 2.45) is 23.7 Å². The van der Waals surface area contributed by atoms with Crippen molar-refractivity contribution in [2.45, 2.75) is 70.9 Å². The highest BCUT2D eigenvalue weighted by molar-refractivity contribution is 5.39. The molecule has 0 nitrogen and oxygen atoms in total. The topological polar surface area (TPSA) is 0 Å². The summed E-state index contributed by atoms with van der Waals surface area (Å²) in [7, 11) is 0. The van der Waals surface area contributed by atoms with Crippen molar-refractivity contribution >= 4 is 0 Å². The van der Waals surface area contributed by atoms with Crippen LogP contribution < -0.4 is 0 Å². The van der Waals surface area contributed by atoms with Gasteiger partial charge in [0.2, 0.25) is 0 Å². The van der Waals surface area contributed by atoms with E-state index in [0.717, 1.165) is 29.9 Å². The van der Waals surface area contributed by atoms with Gasteiger partial charge in [-0.15, -0.1) is 0 Å². The van der Waals surface area contributed by atoms with Gasteiger partial charge < -0.3 is 0 Å². The van der Waals surface area contributed by atoms with Crippen LogP contribution in [0.3, 0.4) is 0 Å². The molecule has 0 spiro atoms. The molecule has 0 aliphatic heterocycles. The first kappa shape index (κ1) is 21.0. The second kappa shape index (κ2) is 9.68. The van der Waals surface area contributed by atoms with E-state index in [4.69, 9.17) is 0 Å². The summed E-state index contributed by atoms with van der Waals surface area (Å²) in [6.45, 7) is 2.32. The first-order chi connectivity index (χ1) is 13.5. The first-order valence-corrected chi connectivity index (χ1v) is 10.8. The molecule has 0 heterocycles. The van der Waals surface area contributed by atoms with E-state index in [1.807, 2.05) is 6.08 Å². The van der Waals surface area contributed by atoms with Gasteiger partial charge in [-0.05, 0) is 92.5 Å². The highest BCUT2D eigenvalue weighted by atomic mass is 19.4. The van der Waals surface area contributed by atoms with E-state index in [1.165, 1.54) is 69.9 Å². The van der Waals surface area contributed by atoms with E-state index >= 15 is 0 Å². The van der Waals surface area contributed by atoms with Gasteiger partial charge >= 0.3 is 6.18 Å². The fourth-order valence-electron chi connectivity index (χ4n) is 4.93. The maximum atomic E-state index is 12.6. The minimum Gasteiger partial charge on any atom is -0.166 e. The van der Waals surface area contributed by atoms with E-state index in [-0.39, 0.29) is 0 Å². The Kier molecular flexibility index (Phi) is 7.27. The van der Waals surface area contributed by atoms with E-state index in [0.29, 0.717) is 11.5 Å². The Bertz CT molecular complexity index is 686. The lowest BCUT2D eigenvalue weighted by Gasteiger charge is -2.37. The standard InChI is InChI=1S/C25H31F3/c1-2-19-7-13-22(14-8-19)23-15-9-20(10-16-23)5-3-4-6-21-11-17-24(18-12-21)25(26,27)28/h3,5,11-12,17-20,22-23H,2,7-10,13-16H2,1H3/b5-3+/t19-,20?,22-,23?. The summed E-state index contributed by atoms with van der Waals surface area (Å²) in [6, 6.07) is 5.04. The third-order valence-electron chi connectivity index (χ3n) is 6.83. The lowest BCUT2D eigenvalue weighted by Crippen LogP contribution is -2.25. The molecule has 0 N–H and O–H groups in total. The molecule has 152 valence electrons. The Morgan fingerprint density at radius 2 is 1.46 bits per heavy atom. The van der Waals surface area contributed by atoms with Crippen LogP contribution in [0, 0.1) is 35.5 Å². The second-order valence-corrected chi connectivity index (χ2v) is 8.57. The van der Waals surface area contributed by atoms with Gasteiger partial charge in [0.05, 0.1) is 5.56 Å².